The topological polar surface area (TPSA) is 57.6 Å². The SMILES string of the molecule is CC(C)(C)N(CCC(=O)O)C(=O)CCCc1ccc(Br)s1. The molecule has 0 aliphatic rings. The van der Waals surface area contributed by atoms with Gasteiger partial charge in [-0.2, -0.15) is 0 Å². The van der Waals surface area contributed by atoms with E-state index >= 15 is 0 Å². The number of aryl methyl sites for hydroxylation is 1. The zero-order valence-electron chi connectivity index (χ0n) is 12.7. The van der Waals surface area contributed by atoms with E-state index in [9.17, 15) is 9.59 Å². The molecule has 1 aromatic rings. The summed E-state index contributed by atoms with van der Waals surface area (Å²) in [5, 5.41) is 8.80. The van der Waals surface area contributed by atoms with E-state index in [4.69, 9.17) is 5.11 Å². The molecule has 1 amide bonds. The van der Waals surface area contributed by atoms with Crippen LogP contribution in [0.3, 0.4) is 0 Å². The minimum Gasteiger partial charge on any atom is -0.481 e. The maximum absolute atomic E-state index is 12.3. The van der Waals surface area contributed by atoms with Gasteiger partial charge in [0.2, 0.25) is 5.91 Å². The van der Waals surface area contributed by atoms with Crippen LogP contribution in [-0.2, 0) is 16.0 Å². The molecule has 0 bridgehead atoms. The standard InChI is InChI=1S/C15H22BrNO3S/c1-15(2,3)17(10-9-14(19)20)13(18)6-4-5-11-7-8-12(16)21-11/h7-8H,4-6,9-10H2,1-3H3,(H,19,20). The van der Waals surface area contributed by atoms with E-state index in [1.165, 1.54) is 4.88 Å². The second-order valence-electron chi connectivity index (χ2n) is 5.92. The van der Waals surface area contributed by atoms with Gasteiger partial charge in [0.1, 0.15) is 0 Å². The van der Waals surface area contributed by atoms with Gasteiger partial charge in [0.25, 0.3) is 0 Å². The first-order chi connectivity index (χ1) is 9.70. The molecule has 0 unspecified atom stereocenters. The zero-order valence-corrected chi connectivity index (χ0v) is 15.1. The summed E-state index contributed by atoms with van der Waals surface area (Å²) in [4.78, 5) is 26.0. The van der Waals surface area contributed by atoms with Crippen molar-refractivity contribution in [2.24, 2.45) is 0 Å². The minimum atomic E-state index is -0.875. The largest absolute Gasteiger partial charge is 0.481 e. The highest BCUT2D eigenvalue weighted by molar-refractivity contribution is 9.11. The predicted molar refractivity (Wildman–Crippen MR) is 88.7 cm³/mol. The van der Waals surface area contributed by atoms with Crippen molar-refractivity contribution >= 4 is 39.1 Å². The van der Waals surface area contributed by atoms with Crippen LogP contribution < -0.4 is 0 Å². The highest BCUT2D eigenvalue weighted by atomic mass is 79.9. The molecular formula is C15H22BrNO3S. The number of amides is 1. The lowest BCUT2D eigenvalue weighted by atomic mass is 10.0. The van der Waals surface area contributed by atoms with Crippen LogP contribution in [0.2, 0.25) is 0 Å². The van der Waals surface area contributed by atoms with Crippen molar-refractivity contribution in [3.05, 3.63) is 20.8 Å². The molecule has 1 aromatic heterocycles. The molecule has 0 aliphatic carbocycles. The molecule has 0 fully saturated rings. The number of carboxylic acid groups (broad SMARTS) is 1. The number of hydrogen-bond donors (Lipinski definition) is 1. The second-order valence-corrected chi connectivity index (χ2v) is 8.47. The van der Waals surface area contributed by atoms with Crippen LogP contribution in [-0.4, -0.2) is 34.0 Å². The first-order valence-corrected chi connectivity index (χ1v) is 8.57. The third-order valence-electron chi connectivity index (χ3n) is 3.10. The van der Waals surface area contributed by atoms with Crippen LogP contribution in [0.4, 0.5) is 0 Å². The number of thiophene rings is 1. The van der Waals surface area contributed by atoms with Gasteiger partial charge in [0.05, 0.1) is 10.2 Å². The predicted octanol–water partition coefficient (Wildman–Crippen LogP) is 3.94. The van der Waals surface area contributed by atoms with Gasteiger partial charge < -0.3 is 10.0 Å². The average molecular weight is 376 g/mol. The summed E-state index contributed by atoms with van der Waals surface area (Å²) in [6.07, 6.45) is 2.09. The summed E-state index contributed by atoms with van der Waals surface area (Å²) in [7, 11) is 0. The molecule has 21 heavy (non-hydrogen) atoms. The molecule has 1 heterocycles. The van der Waals surface area contributed by atoms with Crippen molar-refractivity contribution in [1.29, 1.82) is 0 Å². The summed E-state index contributed by atoms with van der Waals surface area (Å²) < 4.78 is 1.10. The summed E-state index contributed by atoms with van der Waals surface area (Å²) in [5.41, 5.74) is -0.349. The molecular weight excluding hydrogens is 354 g/mol. The van der Waals surface area contributed by atoms with Crippen LogP contribution in [0.5, 0.6) is 0 Å². The van der Waals surface area contributed by atoms with Crippen LogP contribution in [0, 0.1) is 0 Å². The average Bonchev–Trinajstić information content (AvgIpc) is 2.73. The zero-order chi connectivity index (χ0) is 16.0. The third-order valence-corrected chi connectivity index (χ3v) is 4.79. The molecule has 0 spiro atoms. The van der Waals surface area contributed by atoms with E-state index in [1.54, 1.807) is 16.2 Å². The van der Waals surface area contributed by atoms with Gasteiger partial charge in [0, 0.05) is 23.4 Å². The summed E-state index contributed by atoms with van der Waals surface area (Å²) >= 11 is 5.11. The highest BCUT2D eigenvalue weighted by Gasteiger charge is 2.26. The molecule has 4 nitrogen and oxygen atoms in total. The molecule has 0 radical (unpaired) electrons. The van der Waals surface area contributed by atoms with Gasteiger partial charge in [-0.1, -0.05) is 0 Å². The Morgan fingerprint density at radius 2 is 1.95 bits per heavy atom. The number of nitrogens with zero attached hydrogens (tertiary/aromatic N) is 1. The van der Waals surface area contributed by atoms with E-state index in [0.717, 1.165) is 16.6 Å². The van der Waals surface area contributed by atoms with Crippen molar-refractivity contribution in [3.63, 3.8) is 0 Å². The van der Waals surface area contributed by atoms with Gasteiger partial charge in [0.15, 0.2) is 0 Å². The Bertz CT molecular complexity index is 493. The van der Waals surface area contributed by atoms with Crippen molar-refractivity contribution < 1.29 is 14.7 Å². The molecule has 6 heteroatoms. The van der Waals surface area contributed by atoms with Gasteiger partial charge in [-0.05, 0) is 61.7 Å². The molecule has 0 atom stereocenters. The van der Waals surface area contributed by atoms with Gasteiger partial charge in [-0.25, -0.2) is 0 Å². The van der Waals surface area contributed by atoms with Crippen LogP contribution in [0.15, 0.2) is 15.9 Å². The lowest BCUT2D eigenvalue weighted by molar-refractivity contribution is -0.140. The maximum atomic E-state index is 12.3. The number of hydrogen-bond acceptors (Lipinski definition) is 3. The monoisotopic (exact) mass is 375 g/mol. The van der Waals surface area contributed by atoms with Gasteiger partial charge >= 0.3 is 5.97 Å². The first-order valence-electron chi connectivity index (χ1n) is 6.96. The number of carbonyl (C=O) groups excluding carboxylic acids is 1. The Morgan fingerprint density at radius 3 is 2.43 bits per heavy atom. The van der Waals surface area contributed by atoms with Crippen molar-refractivity contribution in [1.82, 2.24) is 4.90 Å². The fraction of sp³-hybridized carbons (Fsp3) is 0.600. The highest BCUT2D eigenvalue weighted by Crippen LogP contribution is 2.24. The lowest BCUT2D eigenvalue weighted by Crippen LogP contribution is -2.46. The Labute approximate surface area is 138 Å². The number of aliphatic carboxylic acids is 1. The van der Waals surface area contributed by atoms with Crippen LogP contribution in [0.1, 0.15) is 44.9 Å². The van der Waals surface area contributed by atoms with E-state index in [0.29, 0.717) is 6.42 Å². The van der Waals surface area contributed by atoms with Gasteiger partial charge in [-0.3, -0.25) is 9.59 Å². The molecule has 0 aliphatic heterocycles. The maximum Gasteiger partial charge on any atom is 0.305 e. The molecule has 0 aromatic carbocycles. The summed E-state index contributed by atoms with van der Waals surface area (Å²) in [5.74, 6) is -0.847. The smallest absolute Gasteiger partial charge is 0.305 e. The van der Waals surface area contributed by atoms with Crippen molar-refractivity contribution in [2.45, 2.75) is 52.0 Å². The Kier molecular flexibility index (Phi) is 6.87. The molecule has 0 saturated carbocycles. The fourth-order valence-electron chi connectivity index (χ4n) is 2.08. The van der Waals surface area contributed by atoms with Crippen molar-refractivity contribution in [3.8, 4) is 0 Å². The van der Waals surface area contributed by atoms with Gasteiger partial charge in [-0.15, -0.1) is 11.3 Å². The third kappa shape index (κ3) is 6.61. The Morgan fingerprint density at radius 1 is 1.29 bits per heavy atom. The molecule has 1 N–H and O–H groups in total. The molecule has 1 rings (SSSR count). The number of carbonyl (C=O) groups is 2. The number of halogens is 1. The van der Waals surface area contributed by atoms with E-state index in [2.05, 4.69) is 22.0 Å². The Hall–Kier alpha value is -0.880. The number of carboxylic acids is 1. The summed E-state index contributed by atoms with van der Waals surface area (Å²) in [6, 6.07) is 4.07. The minimum absolute atomic E-state index is 0.0130. The van der Waals surface area contributed by atoms with Crippen molar-refractivity contribution in [2.75, 3.05) is 6.54 Å². The first kappa shape index (κ1) is 18.2. The van der Waals surface area contributed by atoms with Crippen LogP contribution in [0.25, 0.3) is 0 Å². The Balaban J connectivity index is 2.50. The van der Waals surface area contributed by atoms with E-state index in [1.807, 2.05) is 26.8 Å². The second kappa shape index (κ2) is 7.94. The fourth-order valence-corrected chi connectivity index (χ4v) is 3.60. The van der Waals surface area contributed by atoms with Crippen LogP contribution >= 0.6 is 27.3 Å². The normalized spacial score (nSPS) is 11.4. The molecule has 0 saturated heterocycles. The lowest BCUT2D eigenvalue weighted by Gasteiger charge is -2.35. The van der Waals surface area contributed by atoms with E-state index in [-0.39, 0.29) is 24.4 Å². The quantitative estimate of drug-likeness (QED) is 0.784. The number of rotatable bonds is 7. The van der Waals surface area contributed by atoms with E-state index < -0.39 is 5.97 Å². The summed E-state index contributed by atoms with van der Waals surface area (Å²) in [6.45, 7) is 6.07. The molecule has 118 valence electrons.